The number of rotatable bonds is 6. The minimum Gasteiger partial charge on any atom is -0.496 e. The van der Waals surface area contributed by atoms with Gasteiger partial charge in [-0.25, -0.2) is 9.78 Å². The van der Waals surface area contributed by atoms with Gasteiger partial charge in [0.1, 0.15) is 11.3 Å². The number of methoxy groups -OCH3 is 1. The van der Waals surface area contributed by atoms with Crippen molar-refractivity contribution in [1.29, 1.82) is 0 Å². The molecule has 0 aliphatic rings. The first kappa shape index (κ1) is 20.3. The molecular formula is C24H20N6O3. The molecule has 5 rings (SSSR count). The third-order valence-corrected chi connectivity index (χ3v) is 5.12. The van der Waals surface area contributed by atoms with Crippen LogP contribution in [0.4, 0.5) is 17.5 Å². The lowest BCUT2D eigenvalue weighted by molar-refractivity contribution is 0.416. The van der Waals surface area contributed by atoms with E-state index in [0.717, 1.165) is 28.1 Å². The Labute approximate surface area is 188 Å². The molecule has 2 N–H and O–H groups in total. The molecule has 5 aromatic rings. The number of pyridine rings is 1. The number of fused-ring (bicyclic) bond motifs is 1. The first-order valence-electron chi connectivity index (χ1n) is 10.2. The Kier molecular flexibility index (Phi) is 5.19. The van der Waals surface area contributed by atoms with E-state index in [9.17, 15) is 4.79 Å². The summed E-state index contributed by atoms with van der Waals surface area (Å²) in [6, 6.07) is 16.7. The van der Waals surface area contributed by atoms with E-state index in [-0.39, 0.29) is 0 Å². The Balaban J connectivity index is 1.46. The second kappa shape index (κ2) is 8.46. The molecule has 0 unspecified atom stereocenters. The molecule has 2 aromatic carbocycles. The summed E-state index contributed by atoms with van der Waals surface area (Å²) < 4.78 is 12.1. The average Bonchev–Trinajstić information content (AvgIpc) is 3.16. The first-order chi connectivity index (χ1) is 16.1. The van der Waals surface area contributed by atoms with Crippen molar-refractivity contribution < 1.29 is 9.15 Å². The van der Waals surface area contributed by atoms with Crippen LogP contribution >= 0.6 is 0 Å². The van der Waals surface area contributed by atoms with Gasteiger partial charge in [-0.05, 0) is 55.0 Å². The minimum absolute atomic E-state index is 0.370. The summed E-state index contributed by atoms with van der Waals surface area (Å²) in [5.74, 6) is 1.06. The molecule has 0 aliphatic heterocycles. The van der Waals surface area contributed by atoms with Crippen molar-refractivity contribution in [2.75, 3.05) is 17.9 Å². The maximum Gasteiger partial charge on any atom is 0.439 e. The van der Waals surface area contributed by atoms with Crippen LogP contribution in [0.2, 0.25) is 0 Å². The van der Waals surface area contributed by atoms with Crippen LogP contribution in [0.25, 0.3) is 22.2 Å². The summed E-state index contributed by atoms with van der Waals surface area (Å²) in [6.45, 7) is 1.86. The molecule has 0 saturated heterocycles. The topological polar surface area (TPSA) is 107 Å². The van der Waals surface area contributed by atoms with Crippen molar-refractivity contribution in [2.24, 2.45) is 0 Å². The molecule has 0 aliphatic carbocycles. The highest BCUT2D eigenvalue weighted by molar-refractivity contribution is 5.76. The van der Waals surface area contributed by atoms with Crippen LogP contribution in [0.3, 0.4) is 0 Å². The van der Waals surface area contributed by atoms with Crippen LogP contribution in [0, 0.1) is 6.92 Å². The fraction of sp³-hybridized carbons (Fsp3) is 0.0833. The van der Waals surface area contributed by atoms with Crippen molar-refractivity contribution in [2.45, 2.75) is 6.92 Å². The van der Waals surface area contributed by atoms with E-state index in [1.54, 1.807) is 37.8 Å². The molecule has 3 aromatic heterocycles. The molecule has 3 heterocycles. The Bertz CT molecular complexity index is 1490. The van der Waals surface area contributed by atoms with Crippen LogP contribution in [-0.4, -0.2) is 26.7 Å². The van der Waals surface area contributed by atoms with Gasteiger partial charge in [0.25, 0.3) is 0 Å². The van der Waals surface area contributed by atoms with Gasteiger partial charge in [-0.1, -0.05) is 12.1 Å². The lowest BCUT2D eigenvalue weighted by atomic mass is 10.1. The maximum absolute atomic E-state index is 12.3. The number of anilines is 3. The van der Waals surface area contributed by atoms with E-state index < -0.39 is 5.76 Å². The van der Waals surface area contributed by atoms with Crippen LogP contribution < -0.4 is 21.2 Å². The zero-order valence-electron chi connectivity index (χ0n) is 17.9. The Morgan fingerprint density at radius 3 is 2.70 bits per heavy atom. The third kappa shape index (κ3) is 3.99. The normalized spacial score (nSPS) is 10.8. The molecule has 0 spiro atoms. The smallest absolute Gasteiger partial charge is 0.439 e. The number of hydrogen-bond donors (Lipinski definition) is 2. The fourth-order valence-electron chi connectivity index (χ4n) is 3.47. The van der Waals surface area contributed by atoms with Crippen molar-refractivity contribution in [3.05, 3.63) is 89.3 Å². The highest BCUT2D eigenvalue weighted by atomic mass is 16.5. The number of ether oxygens (including phenoxy) is 1. The predicted octanol–water partition coefficient (Wildman–Crippen LogP) is 4.38. The van der Waals surface area contributed by atoms with Gasteiger partial charge < -0.3 is 14.5 Å². The standard InChI is InChI=1S/C24H20N6O3/c1-15-14-26-23(28-22(15)29-30-19-5-3-4-6-21(19)33-24(30)31)27-17-7-8-20(32-2)18(13-17)16-9-11-25-12-10-16/h3-14H,1-2H3,(H2,26,27,28,29). The Hall–Kier alpha value is -4.66. The number of nitrogens with zero attached hydrogens (tertiary/aromatic N) is 4. The van der Waals surface area contributed by atoms with Crippen LogP contribution in [-0.2, 0) is 0 Å². The van der Waals surface area contributed by atoms with E-state index in [1.807, 2.05) is 49.4 Å². The molecule has 164 valence electrons. The van der Waals surface area contributed by atoms with E-state index >= 15 is 0 Å². The molecule has 0 bridgehead atoms. The summed E-state index contributed by atoms with van der Waals surface area (Å²) in [5, 5.41) is 3.22. The number of oxazole rings is 1. The van der Waals surface area contributed by atoms with Gasteiger partial charge in [0.15, 0.2) is 11.4 Å². The molecule has 33 heavy (non-hydrogen) atoms. The monoisotopic (exact) mass is 440 g/mol. The number of para-hydroxylation sites is 2. The fourth-order valence-corrected chi connectivity index (χ4v) is 3.47. The van der Waals surface area contributed by atoms with E-state index in [2.05, 4.69) is 25.7 Å². The largest absolute Gasteiger partial charge is 0.496 e. The van der Waals surface area contributed by atoms with E-state index in [1.165, 1.54) is 4.68 Å². The molecule has 0 saturated carbocycles. The van der Waals surface area contributed by atoms with Crippen LogP contribution in [0.1, 0.15) is 5.56 Å². The van der Waals surface area contributed by atoms with Crippen LogP contribution in [0.5, 0.6) is 5.75 Å². The number of hydrogen-bond acceptors (Lipinski definition) is 8. The second-order valence-corrected chi connectivity index (χ2v) is 7.28. The van der Waals surface area contributed by atoms with Gasteiger partial charge >= 0.3 is 5.76 Å². The number of benzene rings is 2. The Morgan fingerprint density at radius 2 is 1.88 bits per heavy atom. The number of aromatic nitrogens is 4. The highest BCUT2D eigenvalue weighted by Gasteiger charge is 2.12. The van der Waals surface area contributed by atoms with Crippen molar-refractivity contribution >= 4 is 28.6 Å². The van der Waals surface area contributed by atoms with Crippen molar-refractivity contribution in [1.82, 2.24) is 19.6 Å². The summed E-state index contributed by atoms with van der Waals surface area (Å²) in [4.78, 5) is 25.3. The average molecular weight is 440 g/mol. The van der Waals surface area contributed by atoms with Gasteiger partial charge in [-0.3, -0.25) is 10.4 Å². The lowest BCUT2D eigenvalue weighted by Gasteiger charge is -2.13. The predicted molar refractivity (Wildman–Crippen MR) is 126 cm³/mol. The Morgan fingerprint density at radius 1 is 1.06 bits per heavy atom. The molecule has 0 fully saturated rings. The molecule has 0 atom stereocenters. The highest BCUT2D eigenvalue weighted by Crippen LogP contribution is 2.33. The lowest BCUT2D eigenvalue weighted by Crippen LogP contribution is -2.23. The quantitative estimate of drug-likeness (QED) is 0.401. The SMILES string of the molecule is COc1ccc(Nc2ncc(C)c(Nn3c(=O)oc4ccccc43)n2)cc1-c1ccncc1. The summed E-state index contributed by atoms with van der Waals surface area (Å²) >= 11 is 0. The zero-order chi connectivity index (χ0) is 22.8. The zero-order valence-corrected chi connectivity index (χ0v) is 17.9. The summed E-state index contributed by atoms with van der Waals surface area (Å²) in [6.07, 6.45) is 5.15. The molecule has 9 heteroatoms. The van der Waals surface area contributed by atoms with Crippen molar-refractivity contribution in [3.63, 3.8) is 0 Å². The second-order valence-electron chi connectivity index (χ2n) is 7.28. The molecular weight excluding hydrogens is 420 g/mol. The van der Waals surface area contributed by atoms with Gasteiger partial charge in [0.2, 0.25) is 5.95 Å². The van der Waals surface area contributed by atoms with E-state index in [0.29, 0.717) is 22.9 Å². The molecule has 0 amide bonds. The maximum atomic E-state index is 12.3. The summed E-state index contributed by atoms with van der Waals surface area (Å²) in [5.41, 5.74) is 7.58. The van der Waals surface area contributed by atoms with Gasteiger partial charge in [-0.15, -0.1) is 0 Å². The third-order valence-electron chi connectivity index (χ3n) is 5.12. The minimum atomic E-state index is -0.527. The number of nitrogens with one attached hydrogen (secondary N) is 2. The van der Waals surface area contributed by atoms with Gasteiger partial charge in [0, 0.05) is 35.4 Å². The number of aryl methyl sites for hydroxylation is 1. The summed E-state index contributed by atoms with van der Waals surface area (Å²) in [7, 11) is 1.63. The van der Waals surface area contributed by atoms with Gasteiger partial charge in [-0.2, -0.15) is 9.66 Å². The molecule has 9 nitrogen and oxygen atoms in total. The van der Waals surface area contributed by atoms with E-state index in [4.69, 9.17) is 9.15 Å². The molecule has 0 radical (unpaired) electrons. The first-order valence-corrected chi connectivity index (χ1v) is 10.2. The van der Waals surface area contributed by atoms with Gasteiger partial charge in [0.05, 0.1) is 7.11 Å². The van der Waals surface area contributed by atoms with Crippen molar-refractivity contribution in [3.8, 4) is 16.9 Å². The van der Waals surface area contributed by atoms with Crippen LogP contribution in [0.15, 0.2) is 82.4 Å².